The lowest BCUT2D eigenvalue weighted by atomic mass is 10.1. The van der Waals surface area contributed by atoms with Crippen LogP contribution in [-0.4, -0.2) is 16.6 Å². The molecule has 2 aromatic heterocycles. The molecular weight excluding hydrogens is 250 g/mol. The maximum Gasteiger partial charge on any atom is 0.218 e. The van der Waals surface area contributed by atoms with E-state index in [9.17, 15) is 0 Å². The molecule has 4 nitrogen and oxygen atoms in total. The average molecular weight is 269 g/mol. The molecule has 2 aromatic rings. The maximum absolute atomic E-state index is 5.83. The van der Waals surface area contributed by atoms with Gasteiger partial charge in [0, 0.05) is 36.1 Å². The van der Waals surface area contributed by atoms with Gasteiger partial charge in [-0.3, -0.25) is 4.98 Å². The van der Waals surface area contributed by atoms with Crippen molar-refractivity contribution in [1.82, 2.24) is 9.97 Å². The minimum atomic E-state index is 0.471. The lowest BCUT2D eigenvalue weighted by Crippen LogP contribution is -2.09. The number of hydrogen-bond donors (Lipinski definition) is 1. The molecule has 1 aliphatic rings. The summed E-state index contributed by atoms with van der Waals surface area (Å²) in [4.78, 5) is 8.92. The highest BCUT2D eigenvalue weighted by atomic mass is 16.5. The first-order valence-corrected chi connectivity index (χ1v) is 7.11. The SMILES string of the molecule is NCc1cc2c(nc1OCCc1ccccn1)CCC2. The van der Waals surface area contributed by atoms with Crippen LogP contribution in [0.25, 0.3) is 0 Å². The summed E-state index contributed by atoms with van der Waals surface area (Å²) in [6.45, 7) is 1.05. The third kappa shape index (κ3) is 2.80. The van der Waals surface area contributed by atoms with E-state index in [-0.39, 0.29) is 0 Å². The number of fused-ring (bicyclic) bond motifs is 1. The quantitative estimate of drug-likeness (QED) is 0.902. The number of rotatable bonds is 5. The predicted octanol–water partition coefficient (Wildman–Crippen LogP) is 2.05. The Kier molecular flexibility index (Phi) is 3.92. The Morgan fingerprint density at radius 2 is 2.20 bits per heavy atom. The minimum Gasteiger partial charge on any atom is -0.477 e. The van der Waals surface area contributed by atoms with Crippen LogP contribution in [0.4, 0.5) is 0 Å². The van der Waals surface area contributed by atoms with E-state index in [0.717, 1.165) is 30.5 Å². The number of nitrogens with two attached hydrogens (primary N) is 1. The zero-order chi connectivity index (χ0) is 13.8. The number of aryl methyl sites for hydroxylation is 2. The summed E-state index contributed by atoms with van der Waals surface area (Å²) in [6.07, 6.45) is 5.93. The summed E-state index contributed by atoms with van der Waals surface area (Å²) in [6, 6.07) is 8.06. The summed E-state index contributed by atoms with van der Waals surface area (Å²) in [7, 11) is 0. The molecule has 0 amide bonds. The molecule has 0 spiro atoms. The van der Waals surface area contributed by atoms with Crippen LogP contribution in [-0.2, 0) is 25.8 Å². The van der Waals surface area contributed by atoms with Crippen molar-refractivity contribution in [2.45, 2.75) is 32.2 Å². The molecule has 0 fully saturated rings. The fourth-order valence-corrected chi connectivity index (χ4v) is 2.57. The van der Waals surface area contributed by atoms with Crippen LogP contribution in [0.3, 0.4) is 0 Å². The van der Waals surface area contributed by atoms with Crippen LogP contribution in [0.5, 0.6) is 5.88 Å². The monoisotopic (exact) mass is 269 g/mol. The van der Waals surface area contributed by atoms with Crippen molar-refractivity contribution in [3.63, 3.8) is 0 Å². The van der Waals surface area contributed by atoms with E-state index in [4.69, 9.17) is 10.5 Å². The Balaban J connectivity index is 1.68. The van der Waals surface area contributed by atoms with Crippen LogP contribution in [0, 0.1) is 0 Å². The Morgan fingerprint density at radius 3 is 3.00 bits per heavy atom. The zero-order valence-corrected chi connectivity index (χ0v) is 11.5. The van der Waals surface area contributed by atoms with Gasteiger partial charge in [-0.2, -0.15) is 0 Å². The van der Waals surface area contributed by atoms with Crippen molar-refractivity contribution in [3.8, 4) is 5.88 Å². The van der Waals surface area contributed by atoms with Crippen molar-refractivity contribution in [3.05, 3.63) is 53.0 Å². The third-order valence-corrected chi connectivity index (χ3v) is 3.63. The number of hydrogen-bond acceptors (Lipinski definition) is 4. The summed E-state index contributed by atoms with van der Waals surface area (Å²) >= 11 is 0. The molecule has 1 aliphatic carbocycles. The van der Waals surface area contributed by atoms with Gasteiger partial charge in [-0.25, -0.2) is 4.98 Å². The average Bonchev–Trinajstić information content (AvgIpc) is 2.94. The highest BCUT2D eigenvalue weighted by molar-refractivity contribution is 5.36. The number of aromatic nitrogens is 2. The Bertz CT molecular complexity index is 584. The second-order valence-electron chi connectivity index (χ2n) is 5.04. The van der Waals surface area contributed by atoms with E-state index in [2.05, 4.69) is 16.0 Å². The van der Waals surface area contributed by atoms with Gasteiger partial charge in [0.05, 0.1) is 6.61 Å². The molecule has 0 atom stereocenters. The molecule has 0 unspecified atom stereocenters. The molecule has 20 heavy (non-hydrogen) atoms. The smallest absolute Gasteiger partial charge is 0.218 e. The fraction of sp³-hybridized carbons (Fsp3) is 0.375. The van der Waals surface area contributed by atoms with Gasteiger partial charge in [0.2, 0.25) is 5.88 Å². The number of pyridine rings is 2. The molecule has 3 rings (SSSR count). The van der Waals surface area contributed by atoms with Crippen LogP contribution in [0.15, 0.2) is 30.5 Å². The first-order valence-electron chi connectivity index (χ1n) is 7.11. The van der Waals surface area contributed by atoms with E-state index in [1.807, 2.05) is 18.2 Å². The van der Waals surface area contributed by atoms with E-state index in [1.54, 1.807) is 6.20 Å². The largest absolute Gasteiger partial charge is 0.477 e. The van der Waals surface area contributed by atoms with Crippen molar-refractivity contribution in [1.29, 1.82) is 0 Å². The molecule has 0 aromatic carbocycles. The lowest BCUT2D eigenvalue weighted by Gasteiger charge is -2.11. The number of nitrogens with zero attached hydrogens (tertiary/aromatic N) is 2. The topological polar surface area (TPSA) is 61.0 Å². The standard InChI is InChI=1S/C16H19N3O/c17-11-13-10-12-4-3-6-15(12)19-16(13)20-9-7-14-5-1-2-8-18-14/h1-2,5,8,10H,3-4,6-7,9,11,17H2. The fourth-order valence-electron chi connectivity index (χ4n) is 2.57. The Morgan fingerprint density at radius 1 is 1.25 bits per heavy atom. The normalized spacial score (nSPS) is 13.2. The van der Waals surface area contributed by atoms with Crippen LogP contribution >= 0.6 is 0 Å². The first kappa shape index (κ1) is 13.1. The molecule has 2 N–H and O–H groups in total. The molecule has 0 saturated carbocycles. The summed E-state index contributed by atoms with van der Waals surface area (Å²) in [5.41, 5.74) is 10.3. The first-order chi connectivity index (χ1) is 9.86. The van der Waals surface area contributed by atoms with E-state index in [0.29, 0.717) is 19.0 Å². The summed E-state index contributed by atoms with van der Waals surface area (Å²) in [5.74, 6) is 0.698. The van der Waals surface area contributed by atoms with Crippen LogP contribution in [0.1, 0.15) is 28.9 Å². The molecule has 0 radical (unpaired) electrons. The highest BCUT2D eigenvalue weighted by Gasteiger charge is 2.16. The lowest BCUT2D eigenvalue weighted by molar-refractivity contribution is 0.304. The summed E-state index contributed by atoms with van der Waals surface area (Å²) in [5, 5.41) is 0. The third-order valence-electron chi connectivity index (χ3n) is 3.63. The molecule has 0 bridgehead atoms. The molecule has 0 aliphatic heterocycles. The Labute approximate surface area is 119 Å². The Hall–Kier alpha value is -1.94. The highest BCUT2D eigenvalue weighted by Crippen LogP contribution is 2.26. The molecule has 0 saturated heterocycles. The number of ether oxygens (including phenoxy) is 1. The van der Waals surface area contributed by atoms with Gasteiger partial charge < -0.3 is 10.5 Å². The van der Waals surface area contributed by atoms with Gasteiger partial charge in [-0.1, -0.05) is 6.07 Å². The van der Waals surface area contributed by atoms with E-state index in [1.165, 1.54) is 17.7 Å². The minimum absolute atomic E-state index is 0.471. The molecule has 104 valence electrons. The van der Waals surface area contributed by atoms with Gasteiger partial charge in [0.1, 0.15) is 0 Å². The zero-order valence-electron chi connectivity index (χ0n) is 11.5. The molecule has 2 heterocycles. The van der Waals surface area contributed by atoms with E-state index < -0.39 is 0 Å². The predicted molar refractivity (Wildman–Crippen MR) is 77.6 cm³/mol. The van der Waals surface area contributed by atoms with Crippen LogP contribution in [0.2, 0.25) is 0 Å². The van der Waals surface area contributed by atoms with Crippen LogP contribution < -0.4 is 10.5 Å². The van der Waals surface area contributed by atoms with Crippen molar-refractivity contribution >= 4 is 0 Å². The molecular formula is C16H19N3O. The molecule has 4 heteroatoms. The second-order valence-corrected chi connectivity index (χ2v) is 5.04. The van der Waals surface area contributed by atoms with E-state index >= 15 is 0 Å². The van der Waals surface area contributed by atoms with Gasteiger partial charge in [0.25, 0.3) is 0 Å². The maximum atomic E-state index is 5.83. The van der Waals surface area contributed by atoms with Crippen molar-refractivity contribution in [2.75, 3.05) is 6.61 Å². The van der Waals surface area contributed by atoms with Gasteiger partial charge in [-0.15, -0.1) is 0 Å². The second kappa shape index (κ2) is 6.01. The van der Waals surface area contributed by atoms with Gasteiger partial charge in [0.15, 0.2) is 0 Å². The van der Waals surface area contributed by atoms with Crippen molar-refractivity contribution < 1.29 is 4.74 Å². The summed E-state index contributed by atoms with van der Waals surface area (Å²) < 4.78 is 5.83. The van der Waals surface area contributed by atoms with Gasteiger partial charge >= 0.3 is 0 Å². The van der Waals surface area contributed by atoms with Gasteiger partial charge in [-0.05, 0) is 43.0 Å². The van der Waals surface area contributed by atoms with Crippen molar-refractivity contribution in [2.24, 2.45) is 5.73 Å².